The molecule has 0 atom stereocenters. The van der Waals surface area contributed by atoms with E-state index < -0.39 is 6.29 Å². The van der Waals surface area contributed by atoms with Crippen LogP contribution in [0.2, 0.25) is 0 Å². The van der Waals surface area contributed by atoms with Gasteiger partial charge in [-0.25, -0.2) is 0 Å². The number of carbonyl (C=O) groups is 1. The van der Waals surface area contributed by atoms with Gasteiger partial charge < -0.3 is 14.8 Å². The number of alkyl halides is 2. The van der Waals surface area contributed by atoms with Gasteiger partial charge in [-0.2, -0.15) is 0 Å². The molecule has 1 amide bonds. The molecule has 0 saturated carbocycles. The second-order valence-electron chi connectivity index (χ2n) is 4.29. The van der Waals surface area contributed by atoms with Gasteiger partial charge in [-0.05, 0) is 52.9 Å². The van der Waals surface area contributed by atoms with Crippen molar-refractivity contribution in [2.24, 2.45) is 0 Å². The Kier molecular flexibility index (Phi) is 3.44. The zero-order valence-electron chi connectivity index (χ0n) is 10.4. The molecule has 1 N–H and O–H groups in total. The number of hydrogen-bond acceptors (Lipinski definition) is 3. The van der Waals surface area contributed by atoms with Crippen molar-refractivity contribution >= 4 is 34.2 Å². The lowest BCUT2D eigenvalue weighted by molar-refractivity contribution is -0.286. The summed E-state index contributed by atoms with van der Waals surface area (Å²) < 4.78 is 35.4. The second kappa shape index (κ2) is 5.14. The van der Waals surface area contributed by atoms with Crippen molar-refractivity contribution in [3.8, 4) is 11.5 Å². The average Bonchev–Trinajstić information content (AvgIpc) is 2.72. The average molecular weight is 403 g/mol. The molecule has 4 nitrogen and oxygen atoms in total. The van der Waals surface area contributed by atoms with Gasteiger partial charge in [-0.1, -0.05) is 6.07 Å². The maximum Gasteiger partial charge on any atom is 0.586 e. The molecule has 1 aliphatic heterocycles. The van der Waals surface area contributed by atoms with Crippen LogP contribution in [0.4, 0.5) is 14.5 Å². The Morgan fingerprint density at radius 1 is 1.10 bits per heavy atom. The molecule has 1 aliphatic rings. The summed E-state index contributed by atoms with van der Waals surface area (Å²) in [7, 11) is 0. The quantitative estimate of drug-likeness (QED) is 0.775. The number of ether oxygens (including phenoxy) is 2. The first kappa shape index (κ1) is 14.1. The van der Waals surface area contributed by atoms with Gasteiger partial charge in [0.25, 0.3) is 5.91 Å². The number of hydrogen-bond donors (Lipinski definition) is 1. The molecule has 0 aromatic heterocycles. The van der Waals surface area contributed by atoms with Gasteiger partial charge in [0.15, 0.2) is 11.5 Å². The Morgan fingerprint density at radius 3 is 2.62 bits per heavy atom. The molecular formula is C14H8F2INO3. The molecule has 0 aliphatic carbocycles. The Labute approximate surface area is 132 Å². The van der Waals surface area contributed by atoms with E-state index in [9.17, 15) is 13.6 Å². The van der Waals surface area contributed by atoms with Crippen molar-refractivity contribution in [1.29, 1.82) is 0 Å². The van der Waals surface area contributed by atoms with Crippen LogP contribution in [0.15, 0.2) is 42.5 Å². The van der Waals surface area contributed by atoms with Gasteiger partial charge in [0.1, 0.15) is 0 Å². The molecule has 108 valence electrons. The number of carbonyl (C=O) groups excluding carboxylic acids is 1. The van der Waals surface area contributed by atoms with Crippen LogP contribution in [0.1, 0.15) is 10.4 Å². The van der Waals surface area contributed by atoms with Gasteiger partial charge in [0.2, 0.25) is 0 Å². The van der Waals surface area contributed by atoms with Crippen molar-refractivity contribution < 1.29 is 23.0 Å². The molecule has 1 heterocycles. The summed E-state index contributed by atoms with van der Waals surface area (Å²) in [6, 6.07) is 11.1. The predicted molar refractivity (Wildman–Crippen MR) is 79.8 cm³/mol. The fraction of sp³-hybridized carbons (Fsp3) is 0.0714. The van der Waals surface area contributed by atoms with Crippen LogP contribution in [0.5, 0.6) is 11.5 Å². The largest absolute Gasteiger partial charge is 0.586 e. The Bertz CT molecular complexity index is 721. The molecule has 7 heteroatoms. The first-order valence-corrected chi connectivity index (χ1v) is 6.98. The number of benzene rings is 2. The summed E-state index contributed by atoms with van der Waals surface area (Å²) in [6.07, 6.45) is -3.67. The fourth-order valence-electron chi connectivity index (χ4n) is 1.86. The zero-order valence-corrected chi connectivity index (χ0v) is 12.6. The highest BCUT2D eigenvalue weighted by molar-refractivity contribution is 14.1. The Balaban J connectivity index is 1.79. The number of fused-ring (bicyclic) bond motifs is 1. The highest BCUT2D eigenvalue weighted by Crippen LogP contribution is 2.42. The van der Waals surface area contributed by atoms with Gasteiger partial charge in [0.05, 0.1) is 0 Å². The van der Waals surface area contributed by atoms with Crippen LogP contribution in [0.25, 0.3) is 0 Å². The van der Waals surface area contributed by atoms with Crippen molar-refractivity contribution in [2.75, 3.05) is 5.32 Å². The molecule has 2 aromatic carbocycles. The topological polar surface area (TPSA) is 47.6 Å². The zero-order chi connectivity index (χ0) is 15.0. The van der Waals surface area contributed by atoms with E-state index in [1.54, 1.807) is 18.2 Å². The maximum atomic E-state index is 12.9. The minimum absolute atomic E-state index is 0.0627. The van der Waals surface area contributed by atoms with E-state index in [2.05, 4.69) is 37.4 Å². The van der Waals surface area contributed by atoms with E-state index in [1.807, 2.05) is 6.07 Å². The first-order valence-electron chi connectivity index (χ1n) is 5.90. The maximum absolute atomic E-state index is 12.9. The Morgan fingerprint density at radius 2 is 1.86 bits per heavy atom. The van der Waals surface area contributed by atoms with Crippen molar-refractivity contribution in [2.45, 2.75) is 6.29 Å². The lowest BCUT2D eigenvalue weighted by atomic mass is 10.2. The van der Waals surface area contributed by atoms with Crippen LogP contribution in [0.3, 0.4) is 0 Å². The number of nitrogens with one attached hydrogen (secondary N) is 1. The number of halogens is 3. The lowest BCUT2D eigenvalue weighted by Gasteiger charge is -2.06. The number of amides is 1. The smallest absolute Gasteiger partial charge is 0.395 e. The molecule has 0 saturated heterocycles. The summed E-state index contributed by atoms with van der Waals surface area (Å²) in [5.41, 5.74) is 0.823. The summed E-state index contributed by atoms with van der Waals surface area (Å²) in [5.74, 6) is -0.508. The van der Waals surface area contributed by atoms with Crippen molar-refractivity contribution in [3.05, 3.63) is 51.6 Å². The minimum Gasteiger partial charge on any atom is -0.395 e. The van der Waals surface area contributed by atoms with Gasteiger partial charge in [-0.3, -0.25) is 4.79 Å². The van der Waals surface area contributed by atoms with Crippen molar-refractivity contribution in [1.82, 2.24) is 0 Å². The summed E-state index contributed by atoms with van der Waals surface area (Å²) in [5, 5.41) is 2.62. The molecule has 3 rings (SSSR count). The highest BCUT2D eigenvalue weighted by Gasteiger charge is 2.43. The van der Waals surface area contributed by atoms with E-state index in [1.165, 1.54) is 18.2 Å². The van der Waals surface area contributed by atoms with E-state index in [4.69, 9.17) is 0 Å². The number of rotatable bonds is 2. The third kappa shape index (κ3) is 3.07. The SMILES string of the molecule is O=C(Nc1ccc2c(c1)OC(F)(F)O2)c1cccc(I)c1. The molecular weight excluding hydrogens is 395 g/mol. The first-order chi connectivity index (χ1) is 9.93. The molecule has 0 radical (unpaired) electrons. The third-order valence-electron chi connectivity index (χ3n) is 2.75. The van der Waals surface area contributed by atoms with E-state index in [-0.39, 0.29) is 17.4 Å². The van der Waals surface area contributed by atoms with Crippen molar-refractivity contribution in [3.63, 3.8) is 0 Å². The van der Waals surface area contributed by atoms with Gasteiger partial charge in [-0.15, -0.1) is 8.78 Å². The minimum atomic E-state index is -3.67. The molecule has 0 spiro atoms. The normalized spacial score (nSPS) is 14.8. The summed E-state index contributed by atoms with van der Waals surface area (Å²) in [4.78, 5) is 12.1. The van der Waals surface area contributed by atoms with Gasteiger partial charge >= 0.3 is 6.29 Å². The van der Waals surface area contributed by atoms with Gasteiger partial charge in [0, 0.05) is 20.9 Å². The Hall–Kier alpha value is -1.90. The standard InChI is InChI=1S/C14H8F2INO3/c15-14(16)20-11-5-4-10(7-12(11)21-14)18-13(19)8-2-1-3-9(17)6-8/h1-7H,(H,18,19). The molecule has 21 heavy (non-hydrogen) atoms. The number of anilines is 1. The monoisotopic (exact) mass is 403 g/mol. The summed E-state index contributed by atoms with van der Waals surface area (Å²) in [6.45, 7) is 0. The van der Waals surface area contributed by atoms with Crippen LogP contribution in [0, 0.1) is 3.57 Å². The second-order valence-corrected chi connectivity index (χ2v) is 5.54. The summed E-state index contributed by atoms with van der Waals surface area (Å²) >= 11 is 2.10. The highest BCUT2D eigenvalue weighted by atomic mass is 127. The van der Waals surface area contributed by atoms with Crippen LogP contribution >= 0.6 is 22.6 Å². The predicted octanol–water partition coefficient (Wildman–Crippen LogP) is 3.87. The van der Waals surface area contributed by atoms with Crippen LogP contribution in [-0.2, 0) is 0 Å². The molecule has 0 bridgehead atoms. The molecule has 0 unspecified atom stereocenters. The fourth-order valence-corrected chi connectivity index (χ4v) is 2.40. The lowest BCUT2D eigenvalue weighted by Crippen LogP contribution is -2.25. The van der Waals surface area contributed by atoms with E-state index in [0.717, 1.165) is 3.57 Å². The van der Waals surface area contributed by atoms with Crippen LogP contribution in [-0.4, -0.2) is 12.2 Å². The van der Waals surface area contributed by atoms with E-state index in [0.29, 0.717) is 11.3 Å². The molecule has 2 aromatic rings. The van der Waals surface area contributed by atoms with Crippen LogP contribution < -0.4 is 14.8 Å². The van der Waals surface area contributed by atoms with E-state index >= 15 is 0 Å². The molecule has 0 fully saturated rings. The third-order valence-corrected chi connectivity index (χ3v) is 3.42.